The predicted molar refractivity (Wildman–Crippen MR) is 63.9 cm³/mol. The number of nitrogens with one attached hydrogen (secondary N) is 1. The number of aromatic nitrogens is 1. The first kappa shape index (κ1) is 11.1. The van der Waals surface area contributed by atoms with Crippen LogP contribution in [0.1, 0.15) is 5.56 Å². The quantitative estimate of drug-likeness (QED) is 0.791. The van der Waals surface area contributed by atoms with Crippen LogP contribution in [0.4, 0.5) is 0 Å². The number of rotatable bonds is 2. The molecule has 0 bridgehead atoms. The smallest absolute Gasteiger partial charge is 0.118 e. The van der Waals surface area contributed by atoms with Crippen molar-refractivity contribution in [1.29, 1.82) is 0 Å². The van der Waals surface area contributed by atoms with Crippen LogP contribution in [0, 0.1) is 0 Å². The van der Waals surface area contributed by atoms with Crippen LogP contribution in [0.15, 0.2) is 55.4 Å². The molecule has 1 aromatic heterocycles. The van der Waals surface area contributed by atoms with E-state index in [1.807, 2.05) is 48.8 Å². The largest absolute Gasteiger partial charge is 0.497 e. The molecule has 2 aromatic rings. The Kier molecular flexibility index (Phi) is 4.81. The molecule has 78 valence electrons. The highest BCUT2D eigenvalue weighted by Gasteiger charge is 1.87. The van der Waals surface area contributed by atoms with Crippen LogP contribution >= 0.6 is 0 Å². The zero-order chi connectivity index (χ0) is 10.9. The Bertz CT molecular complexity index is 345. The molecule has 0 saturated heterocycles. The van der Waals surface area contributed by atoms with Gasteiger partial charge in [0.1, 0.15) is 5.75 Å². The molecule has 0 unspecified atom stereocenters. The normalized spacial score (nSPS) is 8.60. The molecule has 2 heteroatoms. The average Bonchev–Trinajstić information content (AvgIpc) is 2.88. The first-order valence-electron chi connectivity index (χ1n) is 4.71. The second kappa shape index (κ2) is 6.49. The molecule has 2 rings (SSSR count). The molecule has 0 aliphatic heterocycles. The Morgan fingerprint density at radius 2 is 1.73 bits per heavy atom. The van der Waals surface area contributed by atoms with Crippen LogP contribution in [-0.2, 0) is 0 Å². The lowest BCUT2D eigenvalue weighted by atomic mass is 10.2. The Morgan fingerprint density at radius 3 is 2.07 bits per heavy atom. The number of methoxy groups -OCH3 is 1. The number of ether oxygens (including phenoxy) is 1. The molecular formula is C13H15NO. The van der Waals surface area contributed by atoms with Gasteiger partial charge in [0.05, 0.1) is 7.11 Å². The highest BCUT2D eigenvalue weighted by Crippen LogP contribution is 2.11. The molecule has 0 spiro atoms. The SMILES string of the molecule is C=Cc1ccc(OC)cc1.c1cc[nH]c1. The van der Waals surface area contributed by atoms with Crippen molar-refractivity contribution in [2.24, 2.45) is 0 Å². The van der Waals surface area contributed by atoms with E-state index < -0.39 is 0 Å². The van der Waals surface area contributed by atoms with E-state index in [0.29, 0.717) is 0 Å². The van der Waals surface area contributed by atoms with Gasteiger partial charge in [-0.25, -0.2) is 0 Å². The van der Waals surface area contributed by atoms with Crippen molar-refractivity contribution in [2.75, 3.05) is 7.11 Å². The van der Waals surface area contributed by atoms with Gasteiger partial charge in [-0.15, -0.1) is 0 Å². The maximum absolute atomic E-state index is 4.98. The van der Waals surface area contributed by atoms with Gasteiger partial charge < -0.3 is 9.72 Å². The van der Waals surface area contributed by atoms with Crippen molar-refractivity contribution >= 4 is 6.08 Å². The van der Waals surface area contributed by atoms with Gasteiger partial charge >= 0.3 is 0 Å². The molecule has 0 atom stereocenters. The standard InChI is InChI=1S/C9H10O.C4H5N/c1-3-8-4-6-9(10-2)7-5-8;1-2-4-5-3-1/h3-7H,1H2,2H3;1-5H. The number of H-pyrrole nitrogens is 1. The summed E-state index contributed by atoms with van der Waals surface area (Å²) in [6, 6.07) is 11.6. The topological polar surface area (TPSA) is 25.0 Å². The van der Waals surface area contributed by atoms with E-state index in [-0.39, 0.29) is 0 Å². The van der Waals surface area contributed by atoms with Gasteiger partial charge in [0.15, 0.2) is 0 Å². The Morgan fingerprint density at radius 1 is 1.13 bits per heavy atom. The highest BCUT2D eigenvalue weighted by atomic mass is 16.5. The lowest BCUT2D eigenvalue weighted by Gasteiger charge is -1.97. The van der Waals surface area contributed by atoms with Crippen LogP contribution in [0.5, 0.6) is 5.75 Å². The van der Waals surface area contributed by atoms with Crippen molar-refractivity contribution in [3.05, 3.63) is 60.9 Å². The minimum atomic E-state index is 0.880. The maximum Gasteiger partial charge on any atom is 0.118 e. The summed E-state index contributed by atoms with van der Waals surface area (Å²) in [5.41, 5.74) is 1.11. The zero-order valence-electron chi connectivity index (χ0n) is 8.81. The molecule has 1 heterocycles. The summed E-state index contributed by atoms with van der Waals surface area (Å²) in [6.07, 6.45) is 5.56. The lowest BCUT2D eigenvalue weighted by molar-refractivity contribution is 0.415. The summed E-state index contributed by atoms with van der Waals surface area (Å²) in [5, 5.41) is 0. The minimum Gasteiger partial charge on any atom is -0.497 e. The van der Waals surface area contributed by atoms with Crippen molar-refractivity contribution in [1.82, 2.24) is 4.98 Å². The molecule has 1 N–H and O–H groups in total. The molecule has 0 saturated carbocycles. The van der Waals surface area contributed by atoms with Crippen LogP contribution in [0.2, 0.25) is 0 Å². The predicted octanol–water partition coefficient (Wildman–Crippen LogP) is 3.35. The van der Waals surface area contributed by atoms with Crippen molar-refractivity contribution in [3.63, 3.8) is 0 Å². The lowest BCUT2D eigenvalue weighted by Crippen LogP contribution is -1.80. The van der Waals surface area contributed by atoms with Crippen LogP contribution in [0.3, 0.4) is 0 Å². The van der Waals surface area contributed by atoms with Crippen molar-refractivity contribution < 1.29 is 4.74 Å². The molecular weight excluding hydrogens is 186 g/mol. The molecule has 2 nitrogen and oxygen atoms in total. The van der Waals surface area contributed by atoms with E-state index in [4.69, 9.17) is 4.74 Å². The fourth-order valence-electron chi connectivity index (χ4n) is 1.02. The van der Waals surface area contributed by atoms with Gasteiger partial charge in [-0.3, -0.25) is 0 Å². The Balaban J connectivity index is 0.000000187. The molecule has 0 radical (unpaired) electrons. The fourth-order valence-corrected chi connectivity index (χ4v) is 1.02. The molecule has 1 aromatic carbocycles. The van der Waals surface area contributed by atoms with Gasteiger partial charge in [0.2, 0.25) is 0 Å². The molecule has 0 fully saturated rings. The fraction of sp³-hybridized carbons (Fsp3) is 0.0769. The van der Waals surface area contributed by atoms with Crippen LogP contribution < -0.4 is 4.74 Å². The van der Waals surface area contributed by atoms with E-state index in [0.717, 1.165) is 11.3 Å². The van der Waals surface area contributed by atoms with Gasteiger partial charge in [0.25, 0.3) is 0 Å². The Labute approximate surface area is 90.2 Å². The van der Waals surface area contributed by atoms with Crippen LogP contribution in [-0.4, -0.2) is 12.1 Å². The van der Waals surface area contributed by atoms with Crippen molar-refractivity contribution in [2.45, 2.75) is 0 Å². The van der Waals surface area contributed by atoms with E-state index in [1.165, 1.54) is 0 Å². The molecule has 0 aliphatic carbocycles. The average molecular weight is 201 g/mol. The third kappa shape index (κ3) is 4.18. The third-order valence-electron chi connectivity index (χ3n) is 1.85. The number of hydrogen-bond donors (Lipinski definition) is 1. The first-order valence-corrected chi connectivity index (χ1v) is 4.71. The number of aromatic amines is 1. The van der Waals surface area contributed by atoms with Crippen molar-refractivity contribution in [3.8, 4) is 5.75 Å². The summed E-state index contributed by atoms with van der Waals surface area (Å²) in [6.45, 7) is 3.65. The molecule has 0 aliphatic rings. The maximum atomic E-state index is 4.98. The second-order valence-corrected chi connectivity index (χ2v) is 2.86. The van der Waals surface area contributed by atoms with E-state index in [2.05, 4.69) is 11.6 Å². The van der Waals surface area contributed by atoms with Crippen LogP contribution in [0.25, 0.3) is 6.08 Å². The summed E-state index contributed by atoms with van der Waals surface area (Å²) < 4.78 is 4.98. The second-order valence-electron chi connectivity index (χ2n) is 2.86. The summed E-state index contributed by atoms with van der Waals surface area (Å²) in [7, 11) is 1.66. The molecule has 0 amide bonds. The summed E-state index contributed by atoms with van der Waals surface area (Å²) in [5.74, 6) is 0.880. The van der Waals surface area contributed by atoms with E-state index in [1.54, 1.807) is 13.2 Å². The minimum absolute atomic E-state index is 0.880. The summed E-state index contributed by atoms with van der Waals surface area (Å²) in [4.78, 5) is 2.86. The van der Waals surface area contributed by atoms with E-state index in [9.17, 15) is 0 Å². The Hall–Kier alpha value is -1.96. The number of hydrogen-bond acceptors (Lipinski definition) is 1. The number of benzene rings is 1. The van der Waals surface area contributed by atoms with Gasteiger partial charge in [-0.05, 0) is 29.8 Å². The van der Waals surface area contributed by atoms with Gasteiger partial charge in [-0.1, -0.05) is 24.8 Å². The van der Waals surface area contributed by atoms with Gasteiger partial charge in [-0.2, -0.15) is 0 Å². The van der Waals surface area contributed by atoms with Gasteiger partial charge in [0, 0.05) is 12.4 Å². The summed E-state index contributed by atoms with van der Waals surface area (Å²) >= 11 is 0. The first-order chi connectivity index (χ1) is 7.36. The monoisotopic (exact) mass is 201 g/mol. The zero-order valence-corrected chi connectivity index (χ0v) is 8.81. The third-order valence-corrected chi connectivity index (χ3v) is 1.85. The van der Waals surface area contributed by atoms with E-state index >= 15 is 0 Å². The highest BCUT2D eigenvalue weighted by molar-refractivity contribution is 5.48. The molecule has 15 heavy (non-hydrogen) atoms.